The highest BCUT2D eigenvalue weighted by Gasteiger charge is 2.21. The molecule has 1 atom stereocenters. The molecule has 3 rings (SSSR count). The van der Waals surface area contributed by atoms with E-state index in [1.165, 1.54) is 31.0 Å². The molecule has 0 aromatic heterocycles. The minimum absolute atomic E-state index is 0.137. The quantitative estimate of drug-likeness (QED) is 0.489. The lowest BCUT2D eigenvalue weighted by Crippen LogP contribution is -2.27. The second-order valence-electron chi connectivity index (χ2n) is 7.37. The topological polar surface area (TPSA) is 103 Å². The van der Waals surface area contributed by atoms with Crippen molar-refractivity contribution in [1.29, 1.82) is 0 Å². The van der Waals surface area contributed by atoms with Gasteiger partial charge in [0.15, 0.2) is 11.5 Å². The zero-order valence-electron chi connectivity index (χ0n) is 17.4. The predicted octanol–water partition coefficient (Wildman–Crippen LogP) is 4.46. The van der Waals surface area contributed by atoms with E-state index in [1.807, 2.05) is 25.1 Å². The molecule has 1 aliphatic carbocycles. The van der Waals surface area contributed by atoms with E-state index in [0.29, 0.717) is 17.2 Å². The third kappa shape index (κ3) is 4.82. The summed E-state index contributed by atoms with van der Waals surface area (Å²) in [5.41, 5.74) is 1.44. The Kier molecular flexibility index (Phi) is 6.76. The highest BCUT2D eigenvalue weighted by molar-refractivity contribution is 6.00. The fraction of sp³-hybridized carbons (Fsp3) is 0.409. The molecule has 0 bridgehead atoms. The van der Waals surface area contributed by atoms with Gasteiger partial charge in [0, 0.05) is 24.9 Å². The van der Waals surface area contributed by atoms with E-state index < -0.39 is 10.8 Å². The zero-order chi connectivity index (χ0) is 21.7. The number of nitro benzene ring substituents is 1. The summed E-state index contributed by atoms with van der Waals surface area (Å²) in [6.45, 7) is 1.85. The van der Waals surface area contributed by atoms with E-state index in [4.69, 9.17) is 9.47 Å². The molecule has 8 nitrogen and oxygen atoms in total. The molecular formula is C22H27N3O5. The number of non-ortho nitro benzene ring substituents is 1. The van der Waals surface area contributed by atoms with Crippen LogP contribution in [0.4, 0.5) is 11.4 Å². The van der Waals surface area contributed by atoms with Crippen molar-refractivity contribution < 1.29 is 19.2 Å². The molecule has 0 spiro atoms. The molecule has 2 aromatic rings. The molecule has 160 valence electrons. The Morgan fingerprint density at radius 2 is 1.90 bits per heavy atom. The summed E-state index contributed by atoms with van der Waals surface area (Å²) in [6.07, 6.45) is 4.68. The molecule has 0 radical (unpaired) electrons. The summed E-state index contributed by atoms with van der Waals surface area (Å²) < 4.78 is 11.6. The molecule has 1 saturated carbocycles. The normalized spacial score (nSPS) is 14.8. The molecular weight excluding hydrogens is 386 g/mol. The lowest BCUT2D eigenvalue weighted by atomic mass is 10.1. The molecule has 1 aliphatic rings. The van der Waals surface area contributed by atoms with Crippen LogP contribution in [-0.4, -0.2) is 31.1 Å². The highest BCUT2D eigenvalue weighted by Crippen LogP contribution is 2.34. The summed E-state index contributed by atoms with van der Waals surface area (Å²) >= 11 is 0. The van der Waals surface area contributed by atoms with Gasteiger partial charge in [0.1, 0.15) is 0 Å². The minimum Gasteiger partial charge on any atom is -0.493 e. The standard InChI is InChI=1S/C22H27N3O5/c1-14(24-22(26)18-13-16(25(27)28)9-10-19(18)23-2)15-8-11-20(21(12-15)29-3)30-17-6-4-5-7-17/h8-14,17,23H,4-7H2,1-3H3,(H,24,26). The smallest absolute Gasteiger partial charge is 0.270 e. The molecule has 0 aliphatic heterocycles. The van der Waals surface area contributed by atoms with Gasteiger partial charge >= 0.3 is 0 Å². The van der Waals surface area contributed by atoms with Gasteiger partial charge in [-0.05, 0) is 56.4 Å². The number of hydrogen-bond acceptors (Lipinski definition) is 6. The molecule has 1 unspecified atom stereocenters. The Balaban J connectivity index is 1.76. The molecule has 0 saturated heterocycles. The molecule has 2 N–H and O–H groups in total. The lowest BCUT2D eigenvalue weighted by molar-refractivity contribution is -0.384. The van der Waals surface area contributed by atoms with Crippen LogP contribution in [0.2, 0.25) is 0 Å². The maximum absolute atomic E-state index is 12.8. The number of anilines is 1. The number of ether oxygens (including phenoxy) is 2. The summed E-state index contributed by atoms with van der Waals surface area (Å²) in [6, 6.07) is 9.42. The minimum atomic E-state index is -0.520. The number of hydrogen-bond donors (Lipinski definition) is 2. The number of benzene rings is 2. The number of carbonyl (C=O) groups excluding carboxylic acids is 1. The Hall–Kier alpha value is -3.29. The van der Waals surface area contributed by atoms with Crippen LogP contribution < -0.4 is 20.1 Å². The third-order valence-electron chi connectivity index (χ3n) is 5.36. The first-order chi connectivity index (χ1) is 14.4. The van der Waals surface area contributed by atoms with E-state index >= 15 is 0 Å². The first-order valence-electron chi connectivity index (χ1n) is 10.0. The number of carbonyl (C=O) groups is 1. The van der Waals surface area contributed by atoms with Crippen LogP contribution in [0, 0.1) is 10.1 Å². The van der Waals surface area contributed by atoms with Gasteiger partial charge in [-0.25, -0.2) is 0 Å². The van der Waals surface area contributed by atoms with E-state index in [9.17, 15) is 14.9 Å². The monoisotopic (exact) mass is 413 g/mol. The van der Waals surface area contributed by atoms with Gasteiger partial charge in [-0.2, -0.15) is 0 Å². The average molecular weight is 413 g/mol. The largest absolute Gasteiger partial charge is 0.493 e. The van der Waals surface area contributed by atoms with Gasteiger partial charge in [-0.1, -0.05) is 6.07 Å². The summed E-state index contributed by atoms with van der Waals surface area (Å²) in [5.74, 6) is 0.912. The van der Waals surface area contributed by atoms with Gasteiger partial charge < -0.3 is 20.1 Å². The van der Waals surface area contributed by atoms with Gasteiger partial charge in [0.25, 0.3) is 11.6 Å². The maximum Gasteiger partial charge on any atom is 0.270 e. The summed E-state index contributed by atoms with van der Waals surface area (Å²) in [4.78, 5) is 23.4. The van der Waals surface area contributed by atoms with Crippen molar-refractivity contribution in [1.82, 2.24) is 5.32 Å². The molecule has 2 aromatic carbocycles. The predicted molar refractivity (Wildman–Crippen MR) is 114 cm³/mol. The highest BCUT2D eigenvalue weighted by atomic mass is 16.6. The Morgan fingerprint density at radius 1 is 1.17 bits per heavy atom. The molecule has 8 heteroatoms. The SMILES string of the molecule is CNc1ccc([N+](=O)[O-])cc1C(=O)NC(C)c1ccc(OC2CCCC2)c(OC)c1. The fourth-order valence-electron chi connectivity index (χ4n) is 3.65. The fourth-order valence-corrected chi connectivity index (χ4v) is 3.65. The van der Waals surface area contributed by atoms with Crippen molar-refractivity contribution in [3.63, 3.8) is 0 Å². The molecule has 0 heterocycles. The number of nitrogens with zero attached hydrogens (tertiary/aromatic N) is 1. The van der Waals surface area contributed by atoms with E-state index in [0.717, 1.165) is 18.4 Å². The third-order valence-corrected chi connectivity index (χ3v) is 5.36. The van der Waals surface area contributed by atoms with E-state index in [-0.39, 0.29) is 23.4 Å². The Bertz CT molecular complexity index is 925. The van der Waals surface area contributed by atoms with Crippen molar-refractivity contribution in [2.24, 2.45) is 0 Å². The number of rotatable bonds is 8. The van der Waals surface area contributed by atoms with Crippen LogP contribution >= 0.6 is 0 Å². The first-order valence-corrected chi connectivity index (χ1v) is 10.0. The summed E-state index contributed by atoms with van der Waals surface area (Å²) in [7, 11) is 3.25. The van der Waals surface area contributed by atoms with Gasteiger partial charge in [-0.3, -0.25) is 14.9 Å². The van der Waals surface area contributed by atoms with Crippen LogP contribution in [0.3, 0.4) is 0 Å². The zero-order valence-corrected chi connectivity index (χ0v) is 17.4. The van der Waals surface area contributed by atoms with Gasteiger partial charge in [0.05, 0.1) is 29.7 Å². The van der Waals surface area contributed by atoms with Gasteiger partial charge in [-0.15, -0.1) is 0 Å². The first kappa shape index (κ1) is 21.4. The molecule has 1 fully saturated rings. The van der Waals surface area contributed by atoms with E-state index in [1.54, 1.807) is 14.2 Å². The van der Waals surface area contributed by atoms with Crippen molar-refractivity contribution in [3.8, 4) is 11.5 Å². The number of amides is 1. The van der Waals surface area contributed by atoms with Gasteiger partial charge in [0.2, 0.25) is 0 Å². The van der Waals surface area contributed by atoms with Crippen LogP contribution in [0.5, 0.6) is 11.5 Å². The Labute approximate surface area is 175 Å². The van der Waals surface area contributed by atoms with Crippen LogP contribution in [0.15, 0.2) is 36.4 Å². The van der Waals surface area contributed by atoms with Crippen LogP contribution in [0.25, 0.3) is 0 Å². The van der Waals surface area contributed by atoms with Crippen molar-refractivity contribution in [2.45, 2.75) is 44.8 Å². The molecule has 30 heavy (non-hydrogen) atoms. The van der Waals surface area contributed by atoms with Crippen molar-refractivity contribution in [3.05, 3.63) is 57.6 Å². The van der Waals surface area contributed by atoms with Crippen LogP contribution in [0.1, 0.15) is 54.6 Å². The number of nitrogens with one attached hydrogen (secondary N) is 2. The maximum atomic E-state index is 12.8. The van der Waals surface area contributed by atoms with E-state index in [2.05, 4.69) is 10.6 Å². The molecule has 1 amide bonds. The summed E-state index contributed by atoms with van der Waals surface area (Å²) in [5, 5.41) is 16.9. The second-order valence-corrected chi connectivity index (χ2v) is 7.37. The number of methoxy groups -OCH3 is 1. The van der Waals surface area contributed by atoms with Crippen molar-refractivity contribution in [2.75, 3.05) is 19.5 Å². The number of nitro groups is 1. The second kappa shape index (κ2) is 9.47. The van der Waals surface area contributed by atoms with Crippen molar-refractivity contribution >= 4 is 17.3 Å². The lowest BCUT2D eigenvalue weighted by Gasteiger charge is -2.19. The average Bonchev–Trinajstić information content (AvgIpc) is 3.26. The van der Waals surface area contributed by atoms with Crippen LogP contribution in [-0.2, 0) is 0 Å². The Morgan fingerprint density at radius 3 is 2.53 bits per heavy atom.